The minimum absolute atomic E-state index is 0.150. The van der Waals surface area contributed by atoms with Crippen molar-refractivity contribution >= 4 is 10.2 Å². The molecule has 1 aromatic heterocycles. The van der Waals surface area contributed by atoms with Gasteiger partial charge < -0.3 is 0 Å². The zero-order chi connectivity index (χ0) is 14.5. The average molecular weight is 310 g/mol. The van der Waals surface area contributed by atoms with Crippen LogP contribution >= 0.6 is 0 Å². The van der Waals surface area contributed by atoms with E-state index in [9.17, 15) is 21.6 Å². The molecule has 1 saturated heterocycles. The standard InChI is InChI=1S/C10H13F3N4O2S/c11-7-5-16(6-7)20(18,19)15-4-8-1-2-14-17(8)9-3-10(9,12)13/h1-2,7,9,15H,3-6H2. The molecule has 1 aliphatic heterocycles. The molecular weight excluding hydrogens is 297 g/mol. The second-order valence-electron chi connectivity index (χ2n) is 4.99. The minimum atomic E-state index is -3.77. The fourth-order valence-electron chi connectivity index (χ4n) is 2.07. The summed E-state index contributed by atoms with van der Waals surface area (Å²) in [5.41, 5.74) is 0.355. The molecule has 1 saturated carbocycles. The molecule has 112 valence electrons. The van der Waals surface area contributed by atoms with E-state index in [1.54, 1.807) is 0 Å². The molecule has 3 rings (SSSR count). The van der Waals surface area contributed by atoms with E-state index in [0.29, 0.717) is 5.69 Å². The summed E-state index contributed by atoms with van der Waals surface area (Å²) < 4.78 is 66.5. The summed E-state index contributed by atoms with van der Waals surface area (Å²) in [5.74, 6) is -2.78. The molecule has 10 heteroatoms. The lowest BCUT2D eigenvalue weighted by molar-refractivity contribution is 0.0976. The Labute approximate surface area is 113 Å². The molecule has 1 N–H and O–H groups in total. The van der Waals surface area contributed by atoms with E-state index in [4.69, 9.17) is 0 Å². The summed E-state index contributed by atoms with van der Waals surface area (Å²) in [7, 11) is -3.77. The molecule has 2 heterocycles. The number of alkyl halides is 3. The van der Waals surface area contributed by atoms with Crippen LogP contribution in [0.5, 0.6) is 0 Å². The Bertz CT molecular complexity index is 612. The third-order valence-corrected chi connectivity index (χ3v) is 4.91. The van der Waals surface area contributed by atoms with Crippen molar-refractivity contribution in [3.8, 4) is 0 Å². The maximum Gasteiger partial charge on any atom is 0.280 e. The van der Waals surface area contributed by atoms with Gasteiger partial charge in [-0.25, -0.2) is 13.2 Å². The number of aromatic nitrogens is 2. The van der Waals surface area contributed by atoms with Crippen LogP contribution < -0.4 is 4.72 Å². The van der Waals surface area contributed by atoms with Crippen molar-refractivity contribution in [2.24, 2.45) is 0 Å². The monoisotopic (exact) mass is 310 g/mol. The van der Waals surface area contributed by atoms with Crippen LogP contribution in [-0.4, -0.2) is 47.7 Å². The topological polar surface area (TPSA) is 67.2 Å². The Morgan fingerprint density at radius 1 is 1.45 bits per heavy atom. The van der Waals surface area contributed by atoms with Gasteiger partial charge in [-0.05, 0) is 6.07 Å². The highest BCUT2D eigenvalue weighted by Crippen LogP contribution is 2.52. The van der Waals surface area contributed by atoms with Gasteiger partial charge in [0.2, 0.25) is 0 Å². The molecule has 20 heavy (non-hydrogen) atoms. The number of rotatable bonds is 5. The van der Waals surface area contributed by atoms with Crippen molar-refractivity contribution in [1.29, 1.82) is 0 Å². The van der Waals surface area contributed by atoms with Crippen molar-refractivity contribution in [3.63, 3.8) is 0 Å². The fraction of sp³-hybridized carbons (Fsp3) is 0.700. The molecule has 6 nitrogen and oxygen atoms in total. The van der Waals surface area contributed by atoms with Gasteiger partial charge in [0, 0.05) is 25.7 Å². The maximum atomic E-state index is 13.0. The number of nitrogens with one attached hydrogen (secondary N) is 1. The molecule has 1 atom stereocenters. The number of halogens is 3. The summed E-state index contributed by atoms with van der Waals surface area (Å²) in [5, 5.41) is 3.79. The molecule has 2 fully saturated rings. The zero-order valence-corrected chi connectivity index (χ0v) is 11.2. The van der Waals surface area contributed by atoms with E-state index in [2.05, 4.69) is 9.82 Å². The highest BCUT2D eigenvalue weighted by atomic mass is 32.2. The molecule has 0 spiro atoms. The lowest BCUT2D eigenvalue weighted by Crippen LogP contribution is -2.55. The van der Waals surface area contributed by atoms with E-state index in [0.717, 1.165) is 8.99 Å². The van der Waals surface area contributed by atoms with Gasteiger partial charge in [-0.2, -0.15) is 22.5 Å². The predicted octanol–water partition coefficient (Wildman–Crippen LogP) is 0.451. The number of nitrogens with zero attached hydrogens (tertiary/aromatic N) is 3. The molecule has 1 aromatic rings. The Hall–Kier alpha value is -1.13. The van der Waals surface area contributed by atoms with E-state index in [1.807, 2.05) is 0 Å². The lowest BCUT2D eigenvalue weighted by atomic mass is 10.3. The molecule has 2 aliphatic rings. The van der Waals surface area contributed by atoms with E-state index < -0.39 is 28.3 Å². The molecule has 1 aliphatic carbocycles. The molecular formula is C10H13F3N4O2S. The third kappa shape index (κ3) is 2.42. The van der Waals surface area contributed by atoms with Crippen molar-refractivity contribution in [2.45, 2.75) is 31.1 Å². The first-order valence-electron chi connectivity index (χ1n) is 6.08. The largest absolute Gasteiger partial charge is 0.280 e. The van der Waals surface area contributed by atoms with Crippen LogP contribution in [0, 0.1) is 0 Å². The van der Waals surface area contributed by atoms with Gasteiger partial charge in [0.25, 0.3) is 16.1 Å². The highest BCUT2D eigenvalue weighted by Gasteiger charge is 2.59. The summed E-state index contributed by atoms with van der Waals surface area (Å²) in [6.07, 6.45) is -0.0779. The van der Waals surface area contributed by atoms with Gasteiger partial charge >= 0.3 is 0 Å². The summed E-state index contributed by atoms with van der Waals surface area (Å²) in [6, 6.07) is 0.474. The van der Waals surface area contributed by atoms with Gasteiger partial charge in [0.05, 0.1) is 12.2 Å². The van der Waals surface area contributed by atoms with Crippen LogP contribution in [0.3, 0.4) is 0 Å². The smallest absolute Gasteiger partial charge is 0.259 e. The molecule has 0 bridgehead atoms. The van der Waals surface area contributed by atoms with Crippen LogP contribution in [0.25, 0.3) is 0 Å². The molecule has 0 amide bonds. The van der Waals surface area contributed by atoms with Crippen LogP contribution in [0.1, 0.15) is 18.2 Å². The van der Waals surface area contributed by atoms with Crippen molar-refractivity contribution in [2.75, 3.05) is 13.1 Å². The summed E-state index contributed by atoms with van der Waals surface area (Å²) >= 11 is 0. The first-order chi connectivity index (χ1) is 9.29. The van der Waals surface area contributed by atoms with Crippen LogP contribution in [0.4, 0.5) is 13.2 Å². The average Bonchev–Trinajstić information content (AvgIpc) is 2.74. The Kier molecular flexibility index (Phi) is 3.07. The van der Waals surface area contributed by atoms with Gasteiger partial charge in [0.15, 0.2) is 0 Å². The molecule has 1 unspecified atom stereocenters. The molecule has 0 radical (unpaired) electrons. The van der Waals surface area contributed by atoms with Crippen molar-refractivity contribution in [1.82, 2.24) is 18.8 Å². The van der Waals surface area contributed by atoms with Crippen LogP contribution in [0.2, 0.25) is 0 Å². The first kappa shape index (κ1) is 13.8. The fourth-order valence-corrected chi connectivity index (χ4v) is 3.30. The van der Waals surface area contributed by atoms with Gasteiger partial charge in [-0.1, -0.05) is 0 Å². The van der Waals surface area contributed by atoms with Crippen LogP contribution in [0.15, 0.2) is 12.3 Å². The SMILES string of the molecule is O=S(=O)(NCc1ccnn1C1CC1(F)F)N1CC(F)C1. The lowest BCUT2D eigenvalue weighted by Gasteiger charge is -2.32. The quantitative estimate of drug-likeness (QED) is 0.859. The third-order valence-electron chi connectivity index (χ3n) is 3.42. The highest BCUT2D eigenvalue weighted by molar-refractivity contribution is 7.87. The maximum absolute atomic E-state index is 13.0. The zero-order valence-electron chi connectivity index (χ0n) is 10.3. The van der Waals surface area contributed by atoms with Gasteiger partial charge in [-0.15, -0.1) is 0 Å². The number of hydrogen-bond acceptors (Lipinski definition) is 3. The Morgan fingerprint density at radius 2 is 2.10 bits per heavy atom. The van der Waals surface area contributed by atoms with E-state index >= 15 is 0 Å². The number of hydrogen-bond donors (Lipinski definition) is 1. The van der Waals surface area contributed by atoms with E-state index in [1.165, 1.54) is 12.3 Å². The predicted molar refractivity (Wildman–Crippen MR) is 63.1 cm³/mol. The van der Waals surface area contributed by atoms with Gasteiger partial charge in [-0.3, -0.25) is 4.68 Å². The summed E-state index contributed by atoms with van der Waals surface area (Å²) in [4.78, 5) is 0. The first-order valence-corrected chi connectivity index (χ1v) is 7.52. The second kappa shape index (κ2) is 4.43. The molecule has 0 aromatic carbocycles. The normalized spacial score (nSPS) is 26.4. The van der Waals surface area contributed by atoms with E-state index in [-0.39, 0.29) is 26.1 Å². The van der Waals surface area contributed by atoms with Crippen LogP contribution in [-0.2, 0) is 16.8 Å². The van der Waals surface area contributed by atoms with Crippen molar-refractivity contribution < 1.29 is 21.6 Å². The van der Waals surface area contributed by atoms with Crippen molar-refractivity contribution in [3.05, 3.63) is 18.0 Å². The Balaban J connectivity index is 1.63. The van der Waals surface area contributed by atoms with Gasteiger partial charge in [0.1, 0.15) is 12.2 Å². The minimum Gasteiger partial charge on any atom is -0.259 e. The Morgan fingerprint density at radius 3 is 2.65 bits per heavy atom. The summed E-state index contributed by atoms with van der Waals surface area (Å²) in [6.45, 7) is -0.493. The second-order valence-corrected chi connectivity index (χ2v) is 6.74.